The molecule has 0 aliphatic rings. The van der Waals surface area contributed by atoms with E-state index in [0.29, 0.717) is 26.9 Å². The van der Waals surface area contributed by atoms with E-state index in [2.05, 4.69) is 5.32 Å². The first-order valence-corrected chi connectivity index (χ1v) is 13.5. The zero-order valence-corrected chi connectivity index (χ0v) is 22.3. The number of nitrogens with one attached hydrogen (secondary N) is 1. The van der Waals surface area contributed by atoms with Crippen LogP contribution in [0.2, 0.25) is 10.0 Å². The molecule has 7 nitrogen and oxygen atoms in total. The van der Waals surface area contributed by atoms with Gasteiger partial charge in [-0.05, 0) is 62.6 Å². The number of benzene rings is 2. The summed E-state index contributed by atoms with van der Waals surface area (Å²) in [6.45, 7) is 6.73. The Hall–Kier alpha value is -2.29. The summed E-state index contributed by atoms with van der Waals surface area (Å²) in [5.41, 5.74) is 1.56. The number of amides is 2. The van der Waals surface area contributed by atoms with E-state index in [0.717, 1.165) is 17.0 Å². The third kappa shape index (κ3) is 7.35. The lowest BCUT2D eigenvalue weighted by molar-refractivity contribution is -0.139. The standard InChI is InChI=1S/C24H31Cl2N3O4S/c1-6-16(2)27-24(31)18(4)28(14-19-9-7-10-20(25)13-19)23(30)15-29(34(5,32)33)22-12-8-11-21(26)17(22)3/h7-13,16,18H,6,14-15H2,1-5H3,(H,27,31)/t16-,18-/m0/s1. The molecule has 2 amide bonds. The molecule has 186 valence electrons. The van der Waals surface area contributed by atoms with Crippen molar-refractivity contribution < 1.29 is 18.0 Å². The fourth-order valence-corrected chi connectivity index (χ4v) is 4.62. The van der Waals surface area contributed by atoms with Crippen LogP contribution in [0.5, 0.6) is 0 Å². The average Bonchev–Trinajstić information content (AvgIpc) is 2.76. The second-order valence-corrected chi connectivity index (χ2v) is 11.0. The molecular weight excluding hydrogens is 497 g/mol. The number of carbonyl (C=O) groups is 2. The molecule has 1 N–H and O–H groups in total. The zero-order valence-electron chi connectivity index (χ0n) is 20.0. The molecule has 0 saturated carbocycles. The largest absolute Gasteiger partial charge is 0.352 e. The molecule has 2 aromatic carbocycles. The van der Waals surface area contributed by atoms with Gasteiger partial charge in [0.25, 0.3) is 0 Å². The van der Waals surface area contributed by atoms with Crippen LogP contribution in [0.4, 0.5) is 5.69 Å². The Kier molecular flexibility index (Phi) is 9.79. The highest BCUT2D eigenvalue weighted by atomic mass is 35.5. The van der Waals surface area contributed by atoms with Crippen LogP contribution in [-0.2, 0) is 26.2 Å². The Morgan fingerprint density at radius 3 is 2.32 bits per heavy atom. The first kappa shape index (κ1) is 28.0. The molecule has 10 heteroatoms. The van der Waals surface area contributed by atoms with Gasteiger partial charge in [0.2, 0.25) is 21.8 Å². The highest BCUT2D eigenvalue weighted by Gasteiger charge is 2.31. The van der Waals surface area contributed by atoms with Gasteiger partial charge in [-0.1, -0.05) is 48.3 Å². The molecule has 2 atom stereocenters. The van der Waals surface area contributed by atoms with Gasteiger partial charge in [0.05, 0.1) is 11.9 Å². The van der Waals surface area contributed by atoms with Crippen molar-refractivity contribution in [1.29, 1.82) is 0 Å². The van der Waals surface area contributed by atoms with Gasteiger partial charge in [-0.25, -0.2) is 8.42 Å². The van der Waals surface area contributed by atoms with Crippen molar-refractivity contribution in [2.24, 2.45) is 0 Å². The second kappa shape index (κ2) is 11.9. The molecular formula is C24H31Cl2N3O4S. The second-order valence-electron chi connectivity index (χ2n) is 8.30. The molecule has 2 rings (SSSR count). The Morgan fingerprint density at radius 1 is 1.09 bits per heavy atom. The monoisotopic (exact) mass is 527 g/mol. The van der Waals surface area contributed by atoms with E-state index in [4.69, 9.17) is 23.2 Å². The number of sulfonamides is 1. The smallest absolute Gasteiger partial charge is 0.244 e. The molecule has 0 heterocycles. The molecule has 0 aromatic heterocycles. The molecule has 34 heavy (non-hydrogen) atoms. The topological polar surface area (TPSA) is 86.8 Å². The van der Waals surface area contributed by atoms with Crippen LogP contribution in [-0.4, -0.2) is 50.0 Å². The Balaban J connectivity index is 2.43. The fourth-order valence-electron chi connectivity index (χ4n) is 3.34. The quantitative estimate of drug-likeness (QED) is 0.495. The average molecular weight is 529 g/mol. The summed E-state index contributed by atoms with van der Waals surface area (Å²) in [5, 5.41) is 3.76. The highest BCUT2D eigenvalue weighted by molar-refractivity contribution is 7.92. The van der Waals surface area contributed by atoms with Crippen molar-refractivity contribution in [3.63, 3.8) is 0 Å². The minimum absolute atomic E-state index is 0.0697. The molecule has 0 aliphatic heterocycles. The summed E-state index contributed by atoms with van der Waals surface area (Å²) in [7, 11) is -3.83. The summed E-state index contributed by atoms with van der Waals surface area (Å²) in [4.78, 5) is 27.8. The van der Waals surface area contributed by atoms with E-state index in [9.17, 15) is 18.0 Å². The minimum atomic E-state index is -3.83. The lowest BCUT2D eigenvalue weighted by Gasteiger charge is -2.32. The van der Waals surface area contributed by atoms with Crippen LogP contribution in [0.1, 0.15) is 38.3 Å². The van der Waals surface area contributed by atoms with Gasteiger partial charge in [0.15, 0.2) is 0 Å². The van der Waals surface area contributed by atoms with Crippen molar-refractivity contribution in [3.8, 4) is 0 Å². The van der Waals surface area contributed by atoms with Crippen molar-refractivity contribution >= 4 is 50.7 Å². The van der Waals surface area contributed by atoms with Crippen LogP contribution in [0.3, 0.4) is 0 Å². The first-order valence-electron chi connectivity index (χ1n) is 10.9. The van der Waals surface area contributed by atoms with Gasteiger partial charge in [-0.2, -0.15) is 0 Å². The van der Waals surface area contributed by atoms with Crippen molar-refractivity contribution in [1.82, 2.24) is 10.2 Å². The molecule has 0 spiro atoms. The Bertz CT molecular complexity index is 1140. The SMILES string of the molecule is CC[C@H](C)NC(=O)[C@H](C)N(Cc1cccc(Cl)c1)C(=O)CN(c1cccc(Cl)c1C)S(C)(=O)=O. The molecule has 2 aromatic rings. The highest BCUT2D eigenvalue weighted by Crippen LogP contribution is 2.28. The predicted molar refractivity (Wildman–Crippen MR) is 138 cm³/mol. The van der Waals surface area contributed by atoms with E-state index in [1.807, 2.05) is 13.8 Å². The molecule has 0 aliphatic carbocycles. The fraction of sp³-hybridized carbons (Fsp3) is 0.417. The van der Waals surface area contributed by atoms with Crippen LogP contribution in [0.15, 0.2) is 42.5 Å². The maximum Gasteiger partial charge on any atom is 0.244 e. The molecule has 0 fully saturated rings. The van der Waals surface area contributed by atoms with E-state index >= 15 is 0 Å². The predicted octanol–water partition coefficient (Wildman–Crippen LogP) is 4.40. The van der Waals surface area contributed by atoms with Crippen LogP contribution >= 0.6 is 23.2 Å². The number of hydrogen-bond donors (Lipinski definition) is 1. The summed E-state index contributed by atoms with van der Waals surface area (Å²) in [6, 6.07) is 10.9. The van der Waals surface area contributed by atoms with Gasteiger partial charge < -0.3 is 10.2 Å². The zero-order chi connectivity index (χ0) is 25.6. The first-order chi connectivity index (χ1) is 15.8. The van der Waals surface area contributed by atoms with Crippen molar-refractivity contribution in [2.75, 3.05) is 17.1 Å². The summed E-state index contributed by atoms with van der Waals surface area (Å²) < 4.78 is 26.3. The van der Waals surface area contributed by atoms with Gasteiger partial charge in [-0.15, -0.1) is 0 Å². The summed E-state index contributed by atoms with van der Waals surface area (Å²) in [5.74, 6) is -0.855. The van der Waals surface area contributed by atoms with Gasteiger partial charge in [-0.3, -0.25) is 13.9 Å². The Labute approximate surface area is 212 Å². The summed E-state index contributed by atoms with van der Waals surface area (Å²) in [6.07, 6.45) is 1.76. The number of carbonyl (C=O) groups excluding carboxylic acids is 2. The molecule has 0 saturated heterocycles. The molecule has 0 radical (unpaired) electrons. The molecule has 0 bridgehead atoms. The number of rotatable bonds is 10. The van der Waals surface area contributed by atoms with Gasteiger partial charge in [0, 0.05) is 22.6 Å². The number of nitrogens with zero attached hydrogens (tertiary/aromatic N) is 2. The number of anilines is 1. The van der Waals surface area contributed by atoms with Crippen LogP contribution in [0.25, 0.3) is 0 Å². The van der Waals surface area contributed by atoms with Crippen molar-refractivity contribution in [3.05, 3.63) is 63.6 Å². The van der Waals surface area contributed by atoms with Gasteiger partial charge in [0.1, 0.15) is 12.6 Å². The van der Waals surface area contributed by atoms with E-state index in [-0.39, 0.29) is 18.5 Å². The van der Waals surface area contributed by atoms with Crippen molar-refractivity contribution in [2.45, 2.75) is 52.7 Å². The van der Waals surface area contributed by atoms with Gasteiger partial charge >= 0.3 is 0 Å². The Morgan fingerprint density at radius 2 is 1.74 bits per heavy atom. The normalized spacial score (nSPS) is 13.1. The lowest BCUT2D eigenvalue weighted by atomic mass is 10.1. The van der Waals surface area contributed by atoms with E-state index in [1.54, 1.807) is 56.3 Å². The summed E-state index contributed by atoms with van der Waals surface area (Å²) >= 11 is 12.3. The number of halogens is 2. The van der Waals surface area contributed by atoms with Crippen LogP contribution < -0.4 is 9.62 Å². The minimum Gasteiger partial charge on any atom is -0.352 e. The lowest BCUT2D eigenvalue weighted by Crippen LogP contribution is -2.52. The maximum absolute atomic E-state index is 13.5. The van der Waals surface area contributed by atoms with E-state index in [1.165, 1.54) is 4.90 Å². The third-order valence-corrected chi connectivity index (χ3v) is 7.37. The maximum atomic E-state index is 13.5. The van der Waals surface area contributed by atoms with Crippen LogP contribution in [0, 0.1) is 6.92 Å². The van der Waals surface area contributed by atoms with E-state index < -0.39 is 28.5 Å². The number of hydrogen-bond acceptors (Lipinski definition) is 4. The third-order valence-electron chi connectivity index (χ3n) is 5.60. The molecule has 0 unspecified atom stereocenters.